The summed E-state index contributed by atoms with van der Waals surface area (Å²) in [6.07, 6.45) is 3.03. The Hall–Kier alpha value is -2.45. The molecule has 0 bridgehead atoms. The van der Waals surface area contributed by atoms with E-state index in [0.29, 0.717) is 32.0 Å². The van der Waals surface area contributed by atoms with Gasteiger partial charge in [-0.05, 0) is 24.3 Å². The van der Waals surface area contributed by atoms with Crippen LogP contribution in [0.15, 0.2) is 53.7 Å². The summed E-state index contributed by atoms with van der Waals surface area (Å²) in [6, 6.07) is 9.58. The van der Waals surface area contributed by atoms with Gasteiger partial charge in [0.15, 0.2) is 0 Å². The lowest BCUT2D eigenvalue weighted by Gasteiger charge is -2.28. The van der Waals surface area contributed by atoms with Gasteiger partial charge in [0.1, 0.15) is 4.90 Å². The molecule has 2 aromatic rings. The Balaban J connectivity index is 1.98. The van der Waals surface area contributed by atoms with Crippen LogP contribution in [-0.4, -0.2) is 57.6 Å². The molecule has 1 aliphatic heterocycles. The molecule has 8 heteroatoms. The number of morpholine rings is 1. The van der Waals surface area contributed by atoms with Crippen molar-refractivity contribution in [2.24, 2.45) is 0 Å². The second-order valence-electron chi connectivity index (χ2n) is 5.58. The highest BCUT2D eigenvalue weighted by Gasteiger charge is 2.29. The molecule has 7 nitrogen and oxygen atoms in total. The number of carbonyl (C=O) groups is 1. The number of aromatic nitrogens is 1. The maximum Gasteiger partial charge on any atom is 0.264 e. The van der Waals surface area contributed by atoms with Gasteiger partial charge in [-0.2, -0.15) is 0 Å². The number of carbonyl (C=O) groups excluding carboxylic acids is 1. The zero-order valence-electron chi connectivity index (χ0n) is 13.8. The number of nitrogens with zero attached hydrogens (tertiary/aromatic N) is 3. The molecule has 2 heterocycles. The van der Waals surface area contributed by atoms with Crippen molar-refractivity contribution in [3.63, 3.8) is 0 Å². The zero-order valence-corrected chi connectivity index (χ0v) is 14.6. The van der Waals surface area contributed by atoms with Crippen LogP contribution in [0, 0.1) is 0 Å². The van der Waals surface area contributed by atoms with E-state index in [1.807, 2.05) is 0 Å². The van der Waals surface area contributed by atoms with Gasteiger partial charge in [0, 0.05) is 26.3 Å². The molecule has 1 amide bonds. The summed E-state index contributed by atoms with van der Waals surface area (Å²) in [5.74, 6) is -0.304. The van der Waals surface area contributed by atoms with Crippen molar-refractivity contribution in [2.75, 3.05) is 37.7 Å². The van der Waals surface area contributed by atoms with E-state index in [-0.39, 0.29) is 16.4 Å². The molecule has 0 unspecified atom stereocenters. The Bertz CT molecular complexity index is 849. The van der Waals surface area contributed by atoms with Crippen LogP contribution in [0.2, 0.25) is 0 Å². The van der Waals surface area contributed by atoms with Crippen LogP contribution in [0.4, 0.5) is 5.69 Å². The summed E-state index contributed by atoms with van der Waals surface area (Å²) < 4.78 is 32.5. The summed E-state index contributed by atoms with van der Waals surface area (Å²) >= 11 is 0. The minimum absolute atomic E-state index is 0.0159. The number of pyridine rings is 1. The first kappa shape index (κ1) is 17.4. The van der Waals surface area contributed by atoms with Crippen LogP contribution in [0.3, 0.4) is 0 Å². The van der Waals surface area contributed by atoms with Crippen LogP contribution >= 0.6 is 0 Å². The van der Waals surface area contributed by atoms with Gasteiger partial charge in [-0.25, -0.2) is 8.42 Å². The van der Waals surface area contributed by atoms with E-state index in [0.717, 1.165) is 4.31 Å². The van der Waals surface area contributed by atoms with Gasteiger partial charge in [-0.1, -0.05) is 12.1 Å². The summed E-state index contributed by atoms with van der Waals surface area (Å²) in [7, 11) is -2.45. The average Bonchev–Trinajstić information content (AvgIpc) is 2.68. The standard InChI is InChI=1S/C17H19N3O4S/c1-19(14-5-4-8-18-13-14)25(22,23)16-7-3-2-6-15(16)17(21)20-9-11-24-12-10-20/h2-8,13H,9-12H2,1H3. The number of ether oxygens (including phenoxy) is 1. The van der Waals surface area contributed by atoms with Gasteiger partial charge in [0.2, 0.25) is 0 Å². The van der Waals surface area contributed by atoms with Crippen molar-refractivity contribution >= 4 is 21.6 Å². The molecule has 0 radical (unpaired) electrons. The van der Waals surface area contributed by atoms with Crippen LogP contribution < -0.4 is 4.31 Å². The normalized spacial score (nSPS) is 15.0. The van der Waals surface area contributed by atoms with E-state index in [4.69, 9.17) is 4.74 Å². The fraction of sp³-hybridized carbons (Fsp3) is 0.294. The van der Waals surface area contributed by atoms with E-state index in [9.17, 15) is 13.2 Å². The molecular formula is C17H19N3O4S. The molecule has 1 aromatic heterocycles. The Morgan fingerprint density at radius 2 is 1.88 bits per heavy atom. The minimum Gasteiger partial charge on any atom is -0.378 e. The maximum atomic E-state index is 13.0. The molecule has 0 atom stereocenters. The molecule has 1 aliphatic rings. The number of hydrogen-bond acceptors (Lipinski definition) is 5. The Morgan fingerprint density at radius 1 is 1.16 bits per heavy atom. The number of hydrogen-bond donors (Lipinski definition) is 0. The Labute approximate surface area is 146 Å². The number of anilines is 1. The third kappa shape index (κ3) is 3.49. The predicted octanol–water partition coefficient (Wildman–Crippen LogP) is 1.38. The van der Waals surface area contributed by atoms with Crippen molar-refractivity contribution in [3.8, 4) is 0 Å². The summed E-state index contributed by atoms with van der Waals surface area (Å²) in [5.41, 5.74) is 0.594. The first-order valence-corrected chi connectivity index (χ1v) is 9.31. The second kappa shape index (κ2) is 7.20. The molecule has 1 fully saturated rings. The monoisotopic (exact) mass is 361 g/mol. The number of amides is 1. The summed E-state index contributed by atoms with van der Waals surface area (Å²) in [6.45, 7) is 1.81. The average molecular weight is 361 g/mol. The highest BCUT2D eigenvalue weighted by molar-refractivity contribution is 7.92. The smallest absolute Gasteiger partial charge is 0.264 e. The maximum absolute atomic E-state index is 13.0. The molecule has 1 saturated heterocycles. The Kier molecular flexibility index (Phi) is 5.00. The molecule has 0 saturated carbocycles. The quantitative estimate of drug-likeness (QED) is 0.822. The van der Waals surface area contributed by atoms with Gasteiger partial charge in [0.05, 0.1) is 30.7 Å². The molecule has 3 rings (SSSR count). The highest BCUT2D eigenvalue weighted by atomic mass is 32.2. The fourth-order valence-electron chi connectivity index (χ4n) is 2.63. The number of rotatable bonds is 4. The van der Waals surface area contributed by atoms with E-state index in [2.05, 4.69) is 4.98 Å². The first-order valence-electron chi connectivity index (χ1n) is 7.87. The molecule has 1 aromatic carbocycles. The van der Waals surface area contributed by atoms with Crippen molar-refractivity contribution in [3.05, 3.63) is 54.4 Å². The van der Waals surface area contributed by atoms with E-state index in [1.165, 1.54) is 19.3 Å². The van der Waals surface area contributed by atoms with Gasteiger partial charge in [0.25, 0.3) is 15.9 Å². The van der Waals surface area contributed by atoms with Crippen molar-refractivity contribution in [2.45, 2.75) is 4.90 Å². The lowest BCUT2D eigenvalue weighted by Crippen LogP contribution is -2.41. The molecule has 25 heavy (non-hydrogen) atoms. The second-order valence-corrected chi connectivity index (χ2v) is 7.52. The van der Waals surface area contributed by atoms with E-state index in [1.54, 1.807) is 41.4 Å². The molecule has 132 valence electrons. The van der Waals surface area contributed by atoms with Crippen LogP contribution in [0.5, 0.6) is 0 Å². The largest absolute Gasteiger partial charge is 0.378 e. The van der Waals surface area contributed by atoms with Gasteiger partial charge >= 0.3 is 0 Å². The van der Waals surface area contributed by atoms with Crippen LogP contribution in [-0.2, 0) is 14.8 Å². The molecular weight excluding hydrogens is 342 g/mol. The number of sulfonamides is 1. The highest BCUT2D eigenvalue weighted by Crippen LogP contribution is 2.25. The van der Waals surface area contributed by atoms with Gasteiger partial charge < -0.3 is 9.64 Å². The Morgan fingerprint density at radius 3 is 2.56 bits per heavy atom. The van der Waals surface area contributed by atoms with E-state index >= 15 is 0 Å². The van der Waals surface area contributed by atoms with Crippen molar-refractivity contribution in [1.29, 1.82) is 0 Å². The van der Waals surface area contributed by atoms with E-state index < -0.39 is 10.0 Å². The van der Waals surface area contributed by atoms with Crippen LogP contribution in [0.1, 0.15) is 10.4 Å². The number of benzene rings is 1. The summed E-state index contributed by atoms with van der Waals surface area (Å²) in [5, 5.41) is 0. The third-order valence-corrected chi connectivity index (χ3v) is 5.91. The van der Waals surface area contributed by atoms with Crippen molar-refractivity contribution in [1.82, 2.24) is 9.88 Å². The first-order chi connectivity index (χ1) is 12.0. The molecule has 0 N–H and O–H groups in total. The molecule has 0 aliphatic carbocycles. The molecule has 0 spiro atoms. The zero-order chi connectivity index (χ0) is 17.9. The SMILES string of the molecule is CN(c1cccnc1)S(=O)(=O)c1ccccc1C(=O)N1CCOCC1. The summed E-state index contributed by atoms with van der Waals surface area (Å²) in [4.78, 5) is 18.3. The topological polar surface area (TPSA) is 79.8 Å². The lowest BCUT2D eigenvalue weighted by atomic mass is 10.2. The minimum atomic E-state index is -3.89. The fourth-order valence-corrected chi connectivity index (χ4v) is 4.00. The van der Waals surface area contributed by atoms with Crippen LogP contribution in [0.25, 0.3) is 0 Å². The van der Waals surface area contributed by atoms with Gasteiger partial charge in [-0.15, -0.1) is 0 Å². The predicted molar refractivity (Wildman–Crippen MR) is 93.0 cm³/mol. The third-order valence-electron chi connectivity index (χ3n) is 4.06. The van der Waals surface area contributed by atoms with Gasteiger partial charge in [-0.3, -0.25) is 14.1 Å². The van der Waals surface area contributed by atoms with Crippen molar-refractivity contribution < 1.29 is 17.9 Å². The lowest BCUT2D eigenvalue weighted by molar-refractivity contribution is 0.0300.